The van der Waals surface area contributed by atoms with Crippen LogP contribution in [0.4, 0.5) is 5.69 Å². The molecule has 0 fully saturated rings. The third kappa shape index (κ3) is 2.97. The molecule has 0 bridgehead atoms. The predicted molar refractivity (Wildman–Crippen MR) is 70.2 cm³/mol. The highest BCUT2D eigenvalue weighted by Gasteiger charge is 2.07. The SMILES string of the molecule is O=[N+]([O-])c1ccc(Cc2ccc(Cl)nc2Cl)cc1. The van der Waals surface area contributed by atoms with Gasteiger partial charge in [-0.2, -0.15) is 0 Å². The Balaban J connectivity index is 2.21. The van der Waals surface area contributed by atoms with E-state index in [1.807, 2.05) is 0 Å². The molecule has 2 rings (SSSR count). The number of halogens is 2. The minimum Gasteiger partial charge on any atom is -0.258 e. The van der Waals surface area contributed by atoms with E-state index in [1.165, 1.54) is 12.1 Å². The zero-order chi connectivity index (χ0) is 13.1. The number of nitro groups is 1. The predicted octanol–water partition coefficient (Wildman–Crippen LogP) is 3.89. The molecule has 0 spiro atoms. The Hall–Kier alpha value is -1.65. The quantitative estimate of drug-likeness (QED) is 0.488. The van der Waals surface area contributed by atoms with E-state index < -0.39 is 4.92 Å². The van der Waals surface area contributed by atoms with Crippen LogP contribution in [0.15, 0.2) is 36.4 Å². The summed E-state index contributed by atoms with van der Waals surface area (Å²) in [6.45, 7) is 0. The minimum atomic E-state index is -0.430. The monoisotopic (exact) mass is 282 g/mol. The summed E-state index contributed by atoms with van der Waals surface area (Å²) >= 11 is 11.7. The number of pyridine rings is 1. The number of hydrogen-bond donors (Lipinski definition) is 0. The molecule has 0 atom stereocenters. The van der Waals surface area contributed by atoms with Gasteiger partial charge in [0.2, 0.25) is 0 Å². The number of aromatic nitrogens is 1. The molecule has 0 saturated carbocycles. The normalized spacial score (nSPS) is 10.3. The van der Waals surface area contributed by atoms with E-state index in [1.54, 1.807) is 24.3 Å². The summed E-state index contributed by atoms with van der Waals surface area (Å²) in [6.07, 6.45) is 0.557. The van der Waals surface area contributed by atoms with E-state index in [0.29, 0.717) is 16.7 Å². The van der Waals surface area contributed by atoms with Crippen LogP contribution < -0.4 is 0 Å². The van der Waals surface area contributed by atoms with E-state index in [9.17, 15) is 10.1 Å². The lowest BCUT2D eigenvalue weighted by molar-refractivity contribution is -0.384. The van der Waals surface area contributed by atoms with Crippen molar-refractivity contribution in [2.45, 2.75) is 6.42 Å². The van der Waals surface area contributed by atoms with Crippen LogP contribution in [0.25, 0.3) is 0 Å². The maximum Gasteiger partial charge on any atom is 0.269 e. The van der Waals surface area contributed by atoms with Gasteiger partial charge in [-0.25, -0.2) is 4.98 Å². The van der Waals surface area contributed by atoms with E-state index >= 15 is 0 Å². The summed E-state index contributed by atoms with van der Waals surface area (Å²) in [5, 5.41) is 11.2. The highest BCUT2D eigenvalue weighted by atomic mass is 35.5. The first-order valence-electron chi connectivity index (χ1n) is 5.10. The standard InChI is InChI=1S/C12H8Cl2N2O2/c13-11-6-3-9(12(14)15-11)7-8-1-4-10(5-2-8)16(17)18/h1-6H,7H2. The second-order valence-electron chi connectivity index (χ2n) is 3.68. The lowest BCUT2D eigenvalue weighted by atomic mass is 10.1. The first kappa shape index (κ1) is 12.8. The number of nitro benzene ring substituents is 1. The zero-order valence-corrected chi connectivity index (χ0v) is 10.6. The molecule has 0 aliphatic carbocycles. The molecule has 92 valence electrons. The number of hydrogen-bond acceptors (Lipinski definition) is 3. The molecular formula is C12H8Cl2N2O2. The smallest absolute Gasteiger partial charge is 0.258 e. The second-order valence-corrected chi connectivity index (χ2v) is 4.43. The molecule has 1 aromatic carbocycles. The maximum absolute atomic E-state index is 10.5. The van der Waals surface area contributed by atoms with Gasteiger partial charge in [0.25, 0.3) is 5.69 Å². The zero-order valence-electron chi connectivity index (χ0n) is 9.14. The van der Waals surface area contributed by atoms with Crippen LogP contribution in [0, 0.1) is 10.1 Å². The van der Waals surface area contributed by atoms with Gasteiger partial charge in [0, 0.05) is 18.6 Å². The summed E-state index contributed by atoms with van der Waals surface area (Å²) in [4.78, 5) is 14.0. The lowest BCUT2D eigenvalue weighted by Crippen LogP contribution is -1.93. The first-order chi connectivity index (χ1) is 8.56. The van der Waals surface area contributed by atoms with Crippen LogP contribution in [-0.4, -0.2) is 9.91 Å². The summed E-state index contributed by atoms with van der Waals surface area (Å²) in [5.74, 6) is 0. The lowest BCUT2D eigenvalue weighted by Gasteiger charge is -2.04. The van der Waals surface area contributed by atoms with Crippen molar-refractivity contribution in [3.05, 3.63) is 67.9 Å². The van der Waals surface area contributed by atoms with Crippen molar-refractivity contribution < 1.29 is 4.92 Å². The van der Waals surface area contributed by atoms with Crippen LogP contribution in [0.1, 0.15) is 11.1 Å². The van der Waals surface area contributed by atoms with E-state index in [2.05, 4.69) is 4.98 Å². The Morgan fingerprint density at radius 2 is 1.78 bits per heavy atom. The van der Waals surface area contributed by atoms with Crippen LogP contribution >= 0.6 is 23.2 Å². The molecule has 0 amide bonds. The fourth-order valence-electron chi connectivity index (χ4n) is 1.53. The third-order valence-electron chi connectivity index (χ3n) is 2.43. The summed E-state index contributed by atoms with van der Waals surface area (Å²) < 4.78 is 0. The molecule has 0 radical (unpaired) electrons. The van der Waals surface area contributed by atoms with Crippen molar-refractivity contribution in [3.8, 4) is 0 Å². The van der Waals surface area contributed by atoms with Crippen molar-refractivity contribution in [1.82, 2.24) is 4.98 Å². The van der Waals surface area contributed by atoms with Crippen molar-refractivity contribution >= 4 is 28.9 Å². The molecule has 0 aliphatic rings. The first-order valence-corrected chi connectivity index (χ1v) is 5.86. The summed E-state index contributed by atoms with van der Waals surface area (Å²) in [5.41, 5.74) is 1.82. The van der Waals surface area contributed by atoms with E-state index in [0.717, 1.165) is 11.1 Å². The second kappa shape index (κ2) is 5.33. The van der Waals surface area contributed by atoms with Gasteiger partial charge in [0.05, 0.1) is 4.92 Å². The van der Waals surface area contributed by atoms with Gasteiger partial charge >= 0.3 is 0 Å². The van der Waals surface area contributed by atoms with Gasteiger partial charge in [-0.15, -0.1) is 0 Å². The average Bonchev–Trinajstić information content (AvgIpc) is 2.33. The van der Waals surface area contributed by atoms with Gasteiger partial charge in [0.15, 0.2) is 0 Å². The highest BCUT2D eigenvalue weighted by Crippen LogP contribution is 2.21. The van der Waals surface area contributed by atoms with E-state index in [-0.39, 0.29) is 5.69 Å². The molecule has 2 aromatic rings. The highest BCUT2D eigenvalue weighted by molar-refractivity contribution is 6.32. The van der Waals surface area contributed by atoms with Gasteiger partial charge in [-0.05, 0) is 17.2 Å². The molecule has 0 N–H and O–H groups in total. The van der Waals surface area contributed by atoms with Crippen molar-refractivity contribution in [1.29, 1.82) is 0 Å². The fourth-order valence-corrected chi connectivity index (χ4v) is 1.94. The largest absolute Gasteiger partial charge is 0.269 e. The third-order valence-corrected chi connectivity index (χ3v) is 2.97. The van der Waals surface area contributed by atoms with Gasteiger partial charge in [-0.1, -0.05) is 41.4 Å². The van der Waals surface area contributed by atoms with Crippen LogP contribution in [0.5, 0.6) is 0 Å². The van der Waals surface area contributed by atoms with E-state index in [4.69, 9.17) is 23.2 Å². The Morgan fingerprint density at radius 1 is 1.11 bits per heavy atom. The summed E-state index contributed by atoms with van der Waals surface area (Å²) in [7, 11) is 0. The fraction of sp³-hybridized carbons (Fsp3) is 0.0833. The summed E-state index contributed by atoms with van der Waals surface area (Å²) in [6, 6.07) is 9.78. The molecule has 18 heavy (non-hydrogen) atoms. The van der Waals surface area contributed by atoms with Crippen LogP contribution in [-0.2, 0) is 6.42 Å². The molecule has 0 saturated heterocycles. The van der Waals surface area contributed by atoms with Crippen LogP contribution in [0.2, 0.25) is 10.3 Å². The molecule has 4 nitrogen and oxygen atoms in total. The van der Waals surface area contributed by atoms with Crippen molar-refractivity contribution in [2.75, 3.05) is 0 Å². The molecule has 6 heteroatoms. The van der Waals surface area contributed by atoms with Gasteiger partial charge in [-0.3, -0.25) is 10.1 Å². The van der Waals surface area contributed by atoms with Gasteiger partial charge < -0.3 is 0 Å². The van der Waals surface area contributed by atoms with Gasteiger partial charge in [0.1, 0.15) is 10.3 Å². The molecule has 1 aromatic heterocycles. The Morgan fingerprint density at radius 3 is 2.33 bits per heavy atom. The number of non-ortho nitro benzene ring substituents is 1. The molecule has 0 aliphatic heterocycles. The Kier molecular flexibility index (Phi) is 3.79. The molecular weight excluding hydrogens is 275 g/mol. The molecule has 1 heterocycles. The average molecular weight is 283 g/mol. The number of rotatable bonds is 3. The number of nitrogens with zero attached hydrogens (tertiary/aromatic N) is 2. The van der Waals surface area contributed by atoms with Crippen LogP contribution in [0.3, 0.4) is 0 Å². The Labute approximate surface area is 113 Å². The Bertz CT molecular complexity index is 585. The van der Waals surface area contributed by atoms with Crippen molar-refractivity contribution in [3.63, 3.8) is 0 Å². The molecule has 0 unspecified atom stereocenters. The minimum absolute atomic E-state index is 0.0686. The number of benzene rings is 1. The maximum atomic E-state index is 10.5. The van der Waals surface area contributed by atoms with Crippen molar-refractivity contribution in [2.24, 2.45) is 0 Å². The topological polar surface area (TPSA) is 56.0 Å².